The molecule has 0 radical (unpaired) electrons. The van der Waals surface area contributed by atoms with Gasteiger partial charge in [-0.2, -0.15) is 12.8 Å². The Labute approximate surface area is 141 Å². The molecule has 0 bridgehead atoms. The average Bonchev–Trinajstić information content (AvgIpc) is 2.60. The van der Waals surface area contributed by atoms with Crippen LogP contribution in [-0.2, 0) is 10.0 Å². The average molecular weight is 339 g/mol. The maximum Gasteiger partial charge on any atom is 0.282 e. The van der Waals surface area contributed by atoms with Gasteiger partial charge in [0.1, 0.15) is 5.75 Å². The highest BCUT2D eigenvalue weighted by Gasteiger charge is 2.13. The Hall–Kier alpha value is -2.66. The van der Waals surface area contributed by atoms with E-state index in [0.29, 0.717) is 11.3 Å². The van der Waals surface area contributed by atoms with Gasteiger partial charge in [-0.05, 0) is 35.9 Å². The number of fused-ring (bicyclic) bond motifs is 1. The van der Waals surface area contributed by atoms with E-state index in [0.717, 1.165) is 16.3 Å². The molecule has 0 aliphatic carbocycles. The summed E-state index contributed by atoms with van der Waals surface area (Å²) >= 11 is 0. The fraction of sp³-hybridized carbons (Fsp3) is 0.105. The Morgan fingerprint density at radius 1 is 0.958 bits per heavy atom. The smallest absolute Gasteiger partial charge is 0.282 e. The van der Waals surface area contributed by atoms with E-state index >= 15 is 0 Å². The van der Waals surface area contributed by atoms with E-state index in [-0.39, 0.29) is 4.90 Å². The van der Waals surface area contributed by atoms with Crippen LogP contribution in [0.4, 0.5) is 0 Å². The van der Waals surface area contributed by atoms with E-state index in [2.05, 4.69) is 4.40 Å². The molecule has 0 spiro atoms. The highest BCUT2D eigenvalue weighted by Crippen LogP contribution is 2.27. The molecule has 0 aliphatic heterocycles. The lowest BCUT2D eigenvalue weighted by Gasteiger charge is -2.08. The summed E-state index contributed by atoms with van der Waals surface area (Å²) in [5, 5.41) is 1.88. The largest absolute Gasteiger partial charge is 0.496 e. The topological polar surface area (TPSA) is 55.7 Å². The quantitative estimate of drug-likeness (QED) is 0.676. The summed E-state index contributed by atoms with van der Waals surface area (Å²) in [6, 6.07) is 18.1. The molecule has 0 saturated carbocycles. The number of nitrogens with zero attached hydrogens (tertiary/aromatic N) is 1. The van der Waals surface area contributed by atoms with Crippen molar-refractivity contribution >= 4 is 27.0 Å². The van der Waals surface area contributed by atoms with Gasteiger partial charge in [0, 0.05) is 5.56 Å². The first-order chi connectivity index (χ1) is 11.5. The first-order valence-corrected chi connectivity index (χ1v) is 8.88. The first kappa shape index (κ1) is 16.2. The maximum absolute atomic E-state index is 12.4. The van der Waals surface area contributed by atoms with Crippen LogP contribution in [0.1, 0.15) is 11.1 Å². The summed E-state index contributed by atoms with van der Waals surface area (Å²) < 4.78 is 34.0. The standard InChI is InChI=1S/C19H17NO3S/c1-14-7-10-16(11-8-14)24(21,22)20-13-18-17-6-4-3-5-15(17)9-12-19(18)23-2/h3-13H,1-2H3/b20-13+. The Balaban J connectivity index is 2.08. The second kappa shape index (κ2) is 6.45. The minimum atomic E-state index is -3.75. The SMILES string of the molecule is COc1ccc2ccccc2c1/C=N/S(=O)(=O)c1ccc(C)cc1. The van der Waals surface area contributed by atoms with E-state index in [1.807, 2.05) is 43.3 Å². The first-order valence-electron chi connectivity index (χ1n) is 7.44. The van der Waals surface area contributed by atoms with Crippen LogP contribution in [-0.4, -0.2) is 21.7 Å². The minimum Gasteiger partial charge on any atom is -0.496 e. The van der Waals surface area contributed by atoms with Crippen molar-refractivity contribution in [2.24, 2.45) is 4.40 Å². The Kier molecular flexibility index (Phi) is 4.36. The van der Waals surface area contributed by atoms with Crippen molar-refractivity contribution in [3.63, 3.8) is 0 Å². The second-order valence-corrected chi connectivity index (χ2v) is 7.06. The molecule has 0 amide bonds. The summed E-state index contributed by atoms with van der Waals surface area (Å²) in [7, 11) is -2.20. The Morgan fingerprint density at radius 2 is 1.67 bits per heavy atom. The number of methoxy groups -OCH3 is 1. The summed E-state index contributed by atoms with van der Waals surface area (Å²) in [5.74, 6) is 0.580. The van der Waals surface area contributed by atoms with Crippen LogP contribution in [0.5, 0.6) is 5.75 Å². The van der Waals surface area contributed by atoms with Crippen molar-refractivity contribution in [2.45, 2.75) is 11.8 Å². The zero-order valence-electron chi connectivity index (χ0n) is 13.4. The second-order valence-electron chi connectivity index (χ2n) is 5.43. The predicted molar refractivity (Wildman–Crippen MR) is 96.5 cm³/mol. The molecule has 0 saturated heterocycles. The van der Waals surface area contributed by atoms with Crippen LogP contribution in [0.2, 0.25) is 0 Å². The van der Waals surface area contributed by atoms with Crippen molar-refractivity contribution in [2.75, 3.05) is 7.11 Å². The van der Waals surface area contributed by atoms with Gasteiger partial charge in [0.25, 0.3) is 10.0 Å². The van der Waals surface area contributed by atoms with E-state index in [1.54, 1.807) is 31.4 Å². The highest BCUT2D eigenvalue weighted by molar-refractivity contribution is 7.90. The molecule has 5 heteroatoms. The van der Waals surface area contributed by atoms with Gasteiger partial charge in [-0.25, -0.2) is 0 Å². The van der Waals surface area contributed by atoms with Gasteiger partial charge in [0.15, 0.2) is 0 Å². The van der Waals surface area contributed by atoms with Gasteiger partial charge >= 0.3 is 0 Å². The molecule has 0 fully saturated rings. The van der Waals surface area contributed by atoms with E-state index in [4.69, 9.17) is 4.74 Å². The summed E-state index contributed by atoms with van der Waals surface area (Å²) in [4.78, 5) is 0.170. The van der Waals surface area contributed by atoms with E-state index < -0.39 is 10.0 Å². The van der Waals surface area contributed by atoms with Crippen LogP contribution >= 0.6 is 0 Å². The lowest BCUT2D eigenvalue weighted by molar-refractivity contribution is 0.415. The molecule has 0 heterocycles. The van der Waals surface area contributed by atoms with Gasteiger partial charge < -0.3 is 4.74 Å². The minimum absolute atomic E-state index is 0.170. The molecule has 3 rings (SSSR count). The van der Waals surface area contributed by atoms with Crippen LogP contribution in [0.15, 0.2) is 70.0 Å². The van der Waals surface area contributed by atoms with Crippen molar-refractivity contribution < 1.29 is 13.2 Å². The normalized spacial score (nSPS) is 11.9. The van der Waals surface area contributed by atoms with Gasteiger partial charge in [0.05, 0.1) is 18.2 Å². The molecule has 0 aromatic heterocycles. The molecule has 0 atom stereocenters. The third-order valence-electron chi connectivity index (χ3n) is 3.79. The Morgan fingerprint density at radius 3 is 2.38 bits per heavy atom. The Bertz CT molecular complexity index is 1010. The van der Waals surface area contributed by atoms with Gasteiger partial charge in [-0.15, -0.1) is 0 Å². The summed E-state index contributed by atoms with van der Waals surface area (Å²) in [6.07, 6.45) is 1.36. The third-order valence-corrected chi connectivity index (χ3v) is 5.04. The number of hydrogen-bond acceptors (Lipinski definition) is 3. The van der Waals surface area contributed by atoms with E-state index in [1.165, 1.54) is 6.21 Å². The van der Waals surface area contributed by atoms with Gasteiger partial charge in [-0.3, -0.25) is 0 Å². The lowest BCUT2D eigenvalue weighted by Crippen LogP contribution is -1.99. The molecule has 122 valence electrons. The number of sulfonamides is 1. The fourth-order valence-electron chi connectivity index (χ4n) is 2.48. The summed E-state index contributed by atoms with van der Waals surface area (Å²) in [6.45, 7) is 1.90. The van der Waals surface area contributed by atoms with Crippen LogP contribution in [0, 0.1) is 6.92 Å². The van der Waals surface area contributed by atoms with Crippen LogP contribution in [0.25, 0.3) is 10.8 Å². The molecule has 3 aromatic rings. The number of hydrogen-bond donors (Lipinski definition) is 0. The molecule has 3 aromatic carbocycles. The molecule has 4 nitrogen and oxygen atoms in total. The molecular weight excluding hydrogens is 322 g/mol. The number of ether oxygens (including phenoxy) is 1. The molecule has 0 unspecified atom stereocenters. The molecular formula is C19H17NO3S. The summed E-state index contributed by atoms with van der Waals surface area (Å²) in [5.41, 5.74) is 1.64. The predicted octanol–water partition coefficient (Wildman–Crippen LogP) is 3.96. The van der Waals surface area contributed by atoms with Gasteiger partial charge in [0.2, 0.25) is 0 Å². The van der Waals surface area contributed by atoms with Crippen LogP contribution in [0.3, 0.4) is 0 Å². The van der Waals surface area contributed by atoms with Crippen LogP contribution < -0.4 is 4.74 Å². The zero-order chi connectivity index (χ0) is 17.2. The number of aryl methyl sites for hydroxylation is 1. The number of rotatable bonds is 4. The zero-order valence-corrected chi connectivity index (χ0v) is 14.2. The van der Waals surface area contributed by atoms with Crippen molar-refractivity contribution in [3.05, 3.63) is 71.8 Å². The monoisotopic (exact) mass is 339 g/mol. The lowest BCUT2D eigenvalue weighted by atomic mass is 10.0. The van der Waals surface area contributed by atoms with Crippen molar-refractivity contribution in [1.29, 1.82) is 0 Å². The maximum atomic E-state index is 12.4. The fourth-order valence-corrected chi connectivity index (χ4v) is 3.33. The van der Waals surface area contributed by atoms with E-state index in [9.17, 15) is 8.42 Å². The van der Waals surface area contributed by atoms with Crippen molar-refractivity contribution in [3.8, 4) is 5.75 Å². The van der Waals surface area contributed by atoms with Gasteiger partial charge in [-0.1, -0.05) is 48.0 Å². The van der Waals surface area contributed by atoms with Crippen molar-refractivity contribution in [1.82, 2.24) is 0 Å². The molecule has 0 aliphatic rings. The molecule has 0 N–H and O–H groups in total. The number of benzene rings is 3. The highest BCUT2D eigenvalue weighted by atomic mass is 32.2. The third kappa shape index (κ3) is 3.16. The molecule has 24 heavy (non-hydrogen) atoms.